The van der Waals surface area contributed by atoms with Crippen LogP contribution in [0.4, 0.5) is 0 Å². The third-order valence-electron chi connectivity index (χ3n) is 5.33. The number of carbonyl (C=O) groups excluding carboxylic acids is 1. The molecule has 3 heterocycles. The van der Waals surface area contributed by atoms with E-state index in [0.29, 0.717) is 24.3 Å². The van der Waals surface area contributed by atoms with E-state index in [-0.39, 0.29) is 35.7 Å². The predicted octanol–water partition coefficient (Wildman–Crippen LogP) is 1.10. The second kappa shape index (κ2) is 8.60. The van der Waals surface area contributed by atoms with Crippen LogP contribution >= 0.6 is 17.0 Å². The number of esters is 1. The number of aliphatic hydroxyl groups excluding tert-OH is 2. The van der Waals surface area contributed by atoms with Crippen LogP contribution in [0, 0.1) is 0 Å². The van der Waals surface area contributed by atoms with Gasteiger partial charge in [-0.25, -0.2) is 0 Å². The minimum absolute atomic E-state index is 0. The molecule has 0 aromatic heterocycles. The van der Waals surface area contributed by atoms with E-state index < -0.39 is 5.92 Å². The van der Waals surface area contributed by atoms with Crippen molar-refractivity contribution in [1.29, 1.82) is 0 Å². The number of likely N-dealkylation sites (N-methyl/N-ethyl adjacent to an activating group) is 1. The van der Waals surface area contributed by atoms with Crippen LogP contribution < -0.4 is 0 Å². The monoisotopic (exact) mass is 415 g/mol. The van der Waals surface area contributed by atoms with Gasteiger partial charge in [-0.15, -0.1) is 17.0 Å². The number of halogens is 1. The van der Waals surface area contributed by atoms with Gasteiger partial charge in [0, 0.05) is 32.0 Å². The van der Waals surface area contributed by atoms with Crippen molar-refractivity contribution in [2.24, 2.45) is 0 Å². The molecule has 5 unspecified atom stereocenters. The molecule has 2 N–H and O–H groups in total. The molecular weight excluding hydrogens is 390 g/mol. The highest BCUT2D eigenvalue weighted by atomic mass is 79.9. The maximum atomic E-state index is 12.4. The number of morpholine rings is 1. The summed E-state index contributed by atoms with van der Waals surface area (Å²) in [7, 11) is 3.13. The fourth-order valence-corrected chi connectivity index (χ4v) is 4.04. The molecule has 6 nitrogen and oxygen atoms in total. The maximum absolute atomic E-state index is 12.4. The van der Waals surface area contributed by atoms with Crippen molar-refractivity contribution < 1.29 is 24.5 Å². The summed E-state index contributed by atoms with van der Waals surface area (Å²) in [4.78, 5) is 14.8. The van der Waals surface area contributed by atoms with E-state index in [0.717, 1.165) is 25.5 Å². The lowest BCUT2D eigenvalue weighted by molar-refractivity contribution is -0.156. The van der Waals surface area contributed by atoms with E-state index in [1.807, 2.05) is 30.3 Å². The average molecular weight is 416 g/mol. The standard InChI is InChI=1S/C17H21NO4.CH4O.BrH/c1-18-13-7-11(8-14(18)16-15(13)22-16)21-17(20)12(9-19)10-5-3-2-4-6-10;1-2;/h2-6,11-16,19H,7-9H2,1H3;2H,1H3;1H. The van der Waals surface area contributed by atoms with Crippen LogP contribution in [0.2, 0.25) is 0 Å². The molecule has 0 radical (unpaired) electrons. The number of piperidine rings is 1. The summed E-state index contributed by atoms with van der Waals surface area (Å²) in [6, 6.07) is 10.1. The number of benzene rings is 1. The summed E-state index contributed by atoms with van der Waals surface area (Å²) in [5.74, 6) is -0.915. The first-order valence-electron chi connectivity index (χ1n) is 8.37. The SMILES string of the molecule is Br.CN1C2CC(OC(=O)C(CO)c3ccccc3)CC1C1OC12.CO. The molecule has 0 aliphatic carbocycles. The number of aliphatic hydroxyl groups is 2. The number of ether oxygens (including phenoxy) is 2. The van der Waals surface area contributed by atoms with Gasteiger partial charge in [-0.1, -0.05) is 30.3 Å². The van der Waals surface area contributed by atoms with E-state index in [4.69, 9.17) is 14.6 Å². The zero-order chi connectivity index (χ0) is 17.3. The molecular formula is C18H26BrNO5. The Labute approximate surface area is 158 Å². The van der Waals surface area contributed by atoms with Crippen molar-refractivity contribution in [2.75, 3.05) is 20.8 Å². The molecule has 3 fully saturated rings. The van der Waals surface area contributed by atoms with Gasteiger partial charge in [0.2, 0.25) is 0 Å². The van der Waals surface area contributed by atoms with Crippen molar-refractivity contribution in [3.8, 4) is 0 Å². The van der Waals surface area contributed by atoms with E-state index in [1.165, 1.54) is 0 Å². The molecule has 25 heavy (non-hydrogen) atoms. The van der Waals surface area contributed by atoms with Crippen molar-refractivity contribution in [3.05, 3.63) is 35.9 Å². The molecule has 140 valence electrons. The Morgan fingerprint density at radius 1 is 1.24 bits per heavy atom. The quantitative estimate of drug-likeness (QED) is 0.565. The van der Waals surface area contributed by atoms with E-state index in [1.54, 1.807) is 0 Å². The van der Waals surface area contributed by atoms with Crippen molar-refractivity contribution in [3.63, 3.8) is 0 Å². The van der Waals surface area contributed by atoms with Crippen LogP contribution in [0.5, 0.6) is 0 Å². The molecule has 4 rings (SSSR count). The second-order valence-corrected chi connectivity index (χ2v) is 6.54. The predicted molar refractivity (Wildman–Crippen MR) is 97.8 cm³/mol. The fraction of sp³-hybridized carbons (Fsp3) is 0.611. The lowest BCUT2D eigenvalue weighted by Gasteiger charge is -2.38. The first-order chi connectivity index (χ1) is 11.7. The molecule has 0 saturated carbocycles. The van der Waals surface area contributed by atoms with Gasteiger partial charge in [0.15, 0.2) is 0 Å². The van der Waals surface area contributed by atoms with Gasteiger partial charge in [0.25, 0.3) is 0 Å². The van der Waals surface area contributed by atoms with Crippen LogP contribution in [0.1, 0.15) is 24.3 Å². The van der Waals surface area contributed by atoms with Gasteiger partial charge in [0.05, 0.1) is 6.61 Å². The number of nitrogens with zero attached hydrogens (tertiary/aromatic N) is 1. The van der Waals surface area contributed by atoms with Crippen LogP contribution in [-0.4, -0.2) is 72.2 Å². The number of carbonyl (C=O) groups is 1. The summed E-state index contributed by atoms with van der Waals surface area (Å²) in [5, 5.41) is 16.6. The molecule has 7 heteroatoms. The second-order valence-electron chi connectivity index (χ2n) is 6.54. The third kappa shape index (κ3) is 3.90. The molecule has 1 aromatic rings. The first kappa shape index (κ1) is 20.3. The lowest BCUT2D eigenvalue weighted by atomic mass is 9.97. The van der Waals surface area contributed by atoms with Crippen LogP contribution in [0.15, 0.2) is 30.3 Å². The molecule has 3 aliphatic rings. The van der Waals surface area contributed by atoms with Crippen LogP contribution in [-0.2, 0) is 14.3 Å². The number of fused-ring (bicyclic) bond motifs is 5. The van der Waals surface area contributed by atoms with Crippen molar-refractivity contribution >= 4 is 23.0 Å². The summed E-state index contributed by atoms with van der Waals surface area (Å²) in [6.45, 7) is -0.226. The van der Waals surface area contributed by atoms with E-state index in [9.17, 15) is 9.90 Å². The van der Waals surface area contributed by atoms with Gasteiger partial charge in [0.1, 0.15) is 24.2 Å². The van der Waals surface area contributed by atoms with Gasteiger partial charge >= 0.3 is 5.97 Å². The number of epoxide rings is 1. The van der Waals surface area contributed by atoms with Gasteiger partial charge in [-0.05, 0) is 12.6 Å². The highest BCUT2D eigenvalue weighted by Crippen LogP contribution is 2.48. The Balaban J connectivity index is 0.000000726. The normalized spacial score (nSPS) is 33.2. The maximum Gasteiger partial charge on any atom is 0.316 e. The van der Waals surface area contributed by atoms with Crippen molar-refractivity contribution in [2.45, 2.75) is 49.2 Å². The smallest absolute Gasteiger partial charge is 0.316 e. The lowest BCUT2D eigenvalue weighted by Crippen LogP contribution is -2.48. The molecule has 2 bridgehead atoms. The van der Waals surface area contributed by atoms with Gasteiger partial charge in [-0.2, -0.15) is 0 Å². The highest BCUT2D eigenvalue weighted by molar-refractivity contribution is 8.93. The van der Waals surface area contributed by atoms with Gasteiger partial charge < -0.3 is 19.7 Å². The Bertz CT molecular complexity index is 554. The van der Waals surface area contributed by atoms with Crippen LogP contribution in [0.3, 0.4) is 0 Å². The summed E-state index contributed by atoms with van der Waals surface area (Å²) in [5.41, 5.74) is 0.803. The van der Waals surface area contributed by atoms with Gasteiger partial charge in [-0.3, -0.25) is 9.69 Å². The topological polar surface area (TPSA) is 82.5 Å². The summed E-state index contributed by atoms with van der Waals surface area (Å²) >= 11 is 0. The minimum atomic E-state index is -0.593. The highest BCUT2D eigenvalue weighted by Gasteiger charge is 2.62. The largest absolute Gasteiger partial charge is 0.462 e. The first-order valence-corrected chi connectivity index (χ1v) is 8.37. The molecule has 5 atom stereocenters. The Morgan fingerprint density at radius 3 is 2.32 bits per heavy atom. The molecule has 0 spiro atoms. The number of rotatable bonds is 4. The number of hydrogen-bond acceptors (Lipinski definition) is 6. The Kier molecular flexibility index (Phi) is 6.99. The minimum Gasteiger partial charge on any atom is -0.462 e. The molecule has 3 saturated heterocycles. The average Bonchev–Trinajstić information content (AvgIpc) is 3.36. The molecule has 3 aliphatic heterocycles. The van der Waals surface area contributed by atoms with Crippen LogP contribution in [0.25, 0.3) is 0 Å². The van der Waals surface area contributed by atoms with Crippen molar-refractivity contribution in [1.82, 2.24) is 4.90 Å². The fourth-order valence-electron chi connectivity index (χ4n) is 4.04. The van der Waals surface area contributed by atoms with E-state index in [2.05, 4.69) is 11.9 Å². The zero-order valence-electron chi connectivity index (χ0n) is 14.4. The summed E-state index contributed by atoms with van der Waals surface area (Å²) in [6.07, 6.45) is 2.26. The Morgan fingerprint density at radius 2 is 1.80 bits per heavy atom. The molecule has 0 amide bonds. The third-order valence-corrected chi connectivity index (χ3v) is 5.33. The molecule has 1 aromatic carbocycles. The number of hydrogen-bond donors (Lipinski definition) is 2. The zero-order valence-corrected chi connectivity index (χ0v) is 16.2. The summed E-state index contributed by atoms with van der Waals surface area (Å²) < 4.78 is 11.4. The Hall–Kier alpha value is -0.990. The van der Waals surface area contributed by atoms with E-state index >= 15 is 0 Å².